The van der Waals surface area contributed by atoms with Crippen LogP contribution in [0.25, 0.3) is 11.0 Å². The summed E-state index contributed by atoms with van der Waals surface area (Å²) >= 11 is 0. The number of hydrogen-bond donors (Lipinski definition) is 3. The molecule has 1 amide bonds. The number of carbonyl (C=O) groups is 1. The van der Waals surface area contributed by atoms with Gasteiger partial charge in [-0.2, -0.15) is 8.42 Å². The summed E-state index contributed by atoms with van der Waals surface area (Å²) < 4.78 is 59.5. The number of nitrogens with zero attached hydrogens (tertiary/aromatic N) is 1. The van der Waals surface area contributed by atoms with Gasteiger partial charge in [0, 0.05) is 51.1 Å². The lowest BCUT2D eigenvalue weighted by Crippen LogP contribution is -2.27. The van der Waals surface area contributed by atoms with Gasteiger partial charge in [0.25, 0.3) is 10.2 Å². The summed E-state index contributed by atoms with van der Waals surface area (Å²) in [5, 5.41) is 3.77. The maximum absolute atomic E-state index is 15.3. The van der Waals surface area contributed by atoms with Crippen LogP contribution in [0.15, 0.2) is 68.4 Å². The Morgan fingerprint density at radius 2 is 1.87 bits per heavy atom. The summed E-state index contributed by atoms with van der Waals surface area (Å²) in [6, 6.07) is 12.4. The Hall–Kier alpha value is -4.20. The van der Waals surface area contributed by atoms with Crippen molar-refractivity contribution in [3.8, 4) is 5.75 Å². The topological polar surface area (TPSA) is 143 Å². The molecule has 0 aliphatic heterocycles. The van der Waals surface area contributed by atoms with E-state index >= 15 is 4.39 Å². The van der Waals surface area contributed by atoms with Crippen molar-refractivity contribution < 1.29 is 31.2 Å². The zero-order valence-corrected chi connectivity index (χ0v) is 22.2. The van der Waals surface area contributed by atoms with Gasteiger partial charge < -0.3 is 23.8 Å². The summed E-state index contributed by atoms with van der Waals surface area (Å²) in [6.07, 6.45) is 0.774. The highest BCUT2D eigenvalue weighted by atomic mass is 32.2. The van der Waals surface area contributed by atoms with Crippen molar-refractivity contribution in [2.24, 2.45) is 0 Å². The number of rotatable bonds is 10. The van der Waals surface area contributed by atoms with Crippen LogP contribution in [0.3, 0.4) is 0 Å². The molecule has 2 heterocycles. The van der Waals surface area contributed by atoms with Crippen molar-refractivity contribution in [3.63, 3.8) is 0 Å². The fourth-order valence-electron chi connectivity index (χ4n) is 3.83. The first-order chi connectivity index (χ1) is 18.6. The van der Waals surface area contributed by atoms with Crippen molar-refractivity contribution in [1.82, 2.24) is 14.9 Å². The van der Waals surface area contributed by atoms with Crippen molar-refractivity contribution >= 4 is 33.0 Å². The molecule has 0 bridgehead atoms. The Labute approximate surface area is 223 Å². The molecule has 3 N–H and O–H groups in total. The highest BCUT2D eigenvalue weighted by Crippen LogP contribution is 2.28. The second-order valence-corrected chi connectivity index (χ2v) is 10.3. The molecule has 2 aromatic heterocycles. The van der Waals surface area contributed by atoms with Gasteiger partial charge in [-0.05, 0) is 41.5 Å². The normalized spacial score (nSPS) is 11.5. The zero-order valence-electron chi connectivity index (χ0n) is 21.4. The van der Waals surface area contributed by atoms with Crippen molar-refractivity contribution in [3.05, 3.63) is 93.5 Å². The summed E-state index contributed by atoms with van der Waals surface area (Å²) in [7, 11) is 0.310. The smallest absolute Gasteiger partial charge is 0.414 e. The molecule has 0 aliphatic carbocycles. The second kappa shape index (κ2) is 11.7. The molecule has 13 heteroatoms. The van der Waals surface area contributed by atoms with Crippen LogP contribution in [0.4, 0.5) is 14.9 Å². The molecule has 0 radical (unpaired) electrons. The molecule has 4 aromatic rings. The van der Waals surface area contributed by atoms with E-state index in [0.717, 1.165) is 0 Å². The van der Waals surface area contributed by atoms with Crippen molar-refractivity contribution in [1.29, 1.82) is 0 Å². The van der Waals surface area contributed by atoms with Gasteiger partial charge in [0.15, 0.2) is 5.82 Å². The number of carbonyl (C=O) groups excluding carboxylic acids is 1. The number of anilines is 1. The minimum Gasteiger partial charge on any atom is -0.468 e. The van der Waals surface area contributed by atoms with Crippen LogP contribution in [0.1, 0.15) is 22.5 Å². The number of furan rings is 1. The minimum absolute atomic E-state index is 0.0850. The van der Waals surface area contributed by atoms with Gasteiger partial charge in [-0.25, -0.2) is 18.7 Å². The van der Waals surface area contributed by atoms with Gasteiger partial charge in [0.2, 0.25) is 0 Å². The van der Waals surface area contributed by atoms with Gasteiger partial charge in [0.1, 0.15) is 17.1 Å². The van der Waals surface area contributed by atoms with Crippen LogP contribution >= 0.6 is 0 Å². The Kier molecular flexibility index (Phi) is 8.33. The third-order valence-corrected chi connectivity index (χ3v) is 6.83. The van der Waals surface area contributed by atoms with Crippen molar-refractivity contribution in [2.45, 2.75) is 19.5 Å². The monoisotopic (exact) mass is 558 g/mol. The second-order valence-electron chi connectivity index (χ2n) is 8.71. The molecule has 2 aromatic carbocycles. The van der Waals surface area contributed by atoms with Crippen LogP contribution in [-0.4, -0.2) is 40.6 Å². The van der Waals surface area contributed by atoms with Gasteiger partial charge in [0.05, 0.1) is 18.5 Å². The fourth-order valence-corrected chi connectivity index (χ4v) is 4.37. The van der Waals surface area contributed by atoms with Crippen LogP contribution in [0.2, 0.25) is 0 Å². The average molecular weight is 559 g/mol. The SMILES string of the molecule is CNS(=O)(=O)Nc1cccc(Cc2c(CNCc3ccco3)c3ccc(OC(=O)N(C)C)cc3oc2=O)c1F. The molecule has 206 valence electrons. The summed E-state index contributed by atoms with van der Waals surface area (Å²) in [4.78, 5) is 26.4. The van der Waals surface area contributed by atoms with Crippen LogP contribution in [-0.2, 0) is 29.7 Å². The largest absolute Gasteiger partial charge is 0.468 e. The fraction of sp³-hybridized carbons (Fsp3) is 0.231. The predicted molar refractivity (Wildman–Crippen MR) is 142 cm³/mol. The quantitative estimate of drug-likeness (QED) is 0.252. The molecule has 0 spiro atoms. The van der Waals surface area contributed by atoms with E-state index in [2.05, 4.69) is 14.8 Å². The number of fused-ring (bicyclic) bond motifs is 1. The van der Waals surface area contributed by atoms with Gasteiger partial charge in [-0.3, -0.25) is 4.72 Å². The Morgan fingerprint density at radius 3 is 2.56 bits per heavy atom. The van der Waals surface area contributed by atoms with E-state index in [1.54, 1.807) is 30.5 Å². The lowest BCUT2D eigenvalue weighted by molar-refractivity contribution is 0.172. The van der Waals surface area contributed by atoms with E-state index in [1.807, 2.05) is 0 Å². The number of ether oxygens (including phenoxy) is 1. The van der Waals surface area contributed by atoms with Gasteiger partial charge in [-0.15, -0.1) is 0 Å². The van der Waals surface area contributed by atoms with Gasteiger partial charge >= 0.3 is 11.7 Å². The van der Waals surface area contributed by atoms with Gasteiger partial charge in [-0.1, -0.05) is 12.1 Å². The predicted octanol–water partition coefficient (Wildman–Crippen LogP) is 3.34. The highest BCUT2D eigenvalue weighted by Gasteiger charge is 2.20. The third kappa shape index (κ3) is 6.63. The van der Waals surface area contributed by atoms with E-state index in [4.69, 9.17) is 13.6 Å². The lowest BCUT2D eigenvalue weighted by atomic mass is 9.97. The molecular weight excluding hydrogens is 531 g/mol. The van der Waals surface area contributed by atoms with E-state index in [0.29, 0.717) is 23.3 Å². The van der Waals surface area contributed by atoms with E-state index < -0.39 is 27.7 Å². The first-order valence-corrected chi connectivity index (χ1v) is 13.3. The molecule has 39 heavy (non-hydrogen) atoms. The first-order valence-electron chi connectivity index (χ1n) is 11.8. The number of nitrogens with one attached hydrogen (secondary N) is 3. The molecule has 0 aliphatic rings. The maximum Gasteiger partial charge on any atom is 0.414 e. The molecule has 4 rings (SSSR count). The van der Waals surface area contributed by atoms with Crippen molar-refractivity contribution in [2.75, 3.05) is 25.9 Å². The third-order valence-electron chi connectivity index (χ3n) is 5.80. The summed E-state index contributed by atoms with van der Waals surface area (Å²) in [5.41, 5.74) is 0.00477. The summed E-state index contributed by atoms with van der Waals surface area (Å²) in [5.74, 6) is 0.0377. The molecule has 0 unspecified atom stereocenters. The Morgan fingerprint density at radius 1 is 1.08 bits per heavy atom. The number of halogens is 1. The first kappa shape index (κ1) is 27.8. The van der Waals surface area contributed by atoms with Crippen LogP contribution < -0.4 is 25.1 Å². The zero-order chi connectivity index (χ0) is 28.2. The average Bonchev–Trinajstić information content (AvgIpc) is 3.41. The molecule has 0 atom stereocenters. The molecule has 11 nitrogen and oxygen atoms in total. The number of amides is 1. The minimum atomic E-state index is -3.96. The van der Waals surface area contributed by atoms with Crippen LogP contribution in [0, 0.1) is 5.82 Å². The standard InChI is InChI=1S/C26H27FN4O7S/c1-28-39(34,35)30-22-8-4-6-16(24(22)27)12-20-21(15-29-14-18-7-5-11-36-18)19-10-9-17(37-26(33)31(2)3)13-23(19)38-25(20)32/h4-11,13,28-30H,12,14-15H2,1-3H3. The highest BCUT2D eigenvalue weighted by molar-refractivity contribution is 7.90. The Bertz CT molecular complexity index is 1650. The lowest BCUT2D eigenvalue weighted by Gasteiger charge is -2.15. The molecule has 0 saturated heterocycles. The number of hydrogen-bond acceptors (Lipinski definition) is 8. The molecule has 0 saturated carbocycles. The Balaban J connectivity index is 1.75. The maximum atomic E-state index is 15.3. The molecule has 0 fully saturated rings. The number of benzene rings is 2. The van der Waals surface area contributed by atoms with E-state index in [-0.39, 0.29) is 41.1 Å². The van der Waals surface area contributed by atoms with E-state index in [9.17, 15) is 18.0 Å². The summed E-state index contributed by atoms with van der Waals surface area (Å²) in [6.45, 7) is 0.561. The van der Waals surface area contributed by atoms with Crippen LogP contribution in [0.5, 0.6) is 5.75 Å². The van der Waals surface area contributed by atoms with E-state index in [1.165, 1.54) is 50.3 Å². The molecular formula is C26H27FN4O7S.